The smallest absolute Gasteiger partial charge is 0.330 e. The van der Waals surface area contributed by atoms with Gasteiger partial charge in [-0.15, -0.1) is 0 Å². The van der Waals surface area contributed by atoms with E-state index in [4.69, 9.17) is 15.2 Å². The van der Waals surface area contributed by atoms with Gasteiger partial charge < -0.3 is 15.2 Å². The monoisotopic (exact) mass is 311 g/mol. The predicted octanol–water partition coefficient (Wildman–Crippen LogP) is -0.341. The molecule has 2 heterocycles. The quantitative estimate of drug-likeness (QED) is 0.719. The fraction of sp³-hybridized carbons (Fsp3) is 0.643. The Balaban J connectivity index is 2.42. The molecule has 1 aromatic heterocycles. The Morgan fingerprint density at radius 1 is 1.55 bits per heavy atom. The summed E-state index contributed by atoms with van der Waals surface area (Å²) >= 11 is 0. The molecule has 0 spiro atoms. The van der Waals surface area contributed by atoms with Crippen LogP contribution in [0.2, 0.25) is 0 Å². The van der Waals surface area contributed by atoms with Crippen LogP contribution >= 0.6 is 0 Å². The van der Waals surface area contributed by atoms with Crippen molar-refractivity contribution in [1.29, 1.82) is 0 Å². The van der Waals surface area contributed by atoms with Gasteiger partial charge in [-0.1, -0.05) is 13.8 Å². The number of hydrogen-bond acceptors (Lipinski definition) is 6. The average molecular weight is 311 g/mol. The highest BCUT2D eigenvalue weighted by atomic mass is 16.6. The Morgan fingerprint density at radius 2 is 2.23 bits per heavy atom. The SMILES string of the molecule is CC[C@@]1(COC=O)O[C@@H](n2cc(C)c(=O)[nH]c2=O)[C@@H](N)C1C. The Labute approximate surface area is 127 Å². The second-order valence-corrected chi connectivity index (χ2v) is 5.68. The minimum Gasteiger partial charge on any atom is -0.465 e. The van der Waals surface area contributed by atoms with Crippen molar-refractivity contribution >= 4 is 6.47 Å². The Morgan fingerprint density at radius 3 is 2.82 bits per heavy atom. The molecule has 122 valence electrons. The summed E-state index contributed by atoms with van der Waals surface area (Å²) in [6.07, 6.45) is 1.28. The van der Waals surface area contributed by atoms with Crippen LogP contribution in [0, 0.1) is 12.8 Å². The molecule has 1 unspecified atom stereocenters. The number of carbonyl (C=O) groups excluding carboxylic acids is 1. The molecule has 3 N–H and O–H groups in total. The van der Waals surface area contributed by atoms with E-state index < -0.39 is 29.1 Å². The van der Waals surface area contributed by atoms with E-state index in [1.165, 1.54) is 10.8 Å². The van der Waals surface area contributed by atoms with Crippen LogP contribution in [0.1, 0.15) is 32.1 Å². The van der Waals surface area contributed by atoms with Gasteiger partial charge in [-0.05, 0) is 13.3 Å². The first kappa shape index (κ1) is 16.4. The third-order valence-corrected chi connectivity index (χ3v) is 4.51. The summed E-state index contributed by atoms with van der Waals surface area (Å²) in [5.41, 5.74) is 4.83. The van der Waals surface area contributed by atoms with Gasteiger partial charge in [0.15, 0.2) is 6.23 Å². The molecule has 8 heteroatoms. The lowest BCUT2D eigenvalue weighted by molar-refractivity contribution is -0.149. The first-order valence-electron chi connectivity index (χ1n) is 7.17. The van der Waals surface area contributed by atoms with E-state index in [9.17, 15) is 14.4 Å². The van der Waals surface area contributed by atoms with Crippen molar-refractivity contribution in [3.05, 3.63) is 32.6 Å². The van der Waals surface area contributed by atoms with Crippen molar-refractivity contribution in [1.82, 2.24) is 9.55 Å². The fourth-order valence-corrected chi connectivity index (χ4v) is 2.89. The molecular formula is C14H21N3O5. The van der Waals surface area contributed by atoms with Gasteiger partial charge in [0.05, 0.1) is 6.04 Å². The van der Waals surface area contributed by atoms with E-state index in [2.05, 4.69) is 4.98 Å². The largest absolute Gasteiger partial charge is 0.465 e. The molecule has 1 saturated heterocycles. The predicted molar refractivity (Wildman–Crippen MR) is 78.4 cm³/mol. The average Bonchev–Trinajstić information content (AvgIpc) is 2.74. The van der Waals surface area contributed by atoms with E-state index in [0.29, 0.717) is 18.5 Å². The highest BCUT2D eigenvalue weighted by Gasteiger charge is 2.51. The third-order valence-electron chi connectivity index (χ3n) is 4.51. The van der Waals surface area contributed by atoms with Crippen LogP contribution < -0.4 is 17.0 Å². The van der Waals surface area contributed by atoms with Crippen LogP contribution in [0.5, 0.6) is 0 Å². The molecular weight excluding hydrogens is 290 g/mol. The van der Waals surface area contributed by atoms with E-state index in [0.717, 1.165) is 0 Å². The normalized spacial score (nSPS) is 31.2. The molecule has 2 rings (SSSR count). The highest BCUT2D eigenvalue weighted by Crippen LogP contribution is 2.42. The summed E-state index contributed by atoms with van der Waals surface area (Å²) in [6, 6.07) is -0.474. The molecule has 1 aliphatic rings. The minimum atomic E-state index is -0.755. The summed E-state index contributed by atoms with van der Waals surface area (Å²) in [6.45, 7) is 5.83. The molecule has 0 bridgehead atoms. The van der Waals surface area contributed by atoms with Crippen LogP contribution in [0.25, 0.3) is 0 Å². The van der Waals surface area contributed by atoms with E-state index >= 15 is 0 Å². The highest BCUT2D eigenvalue weighted by molar-refractivity contribution is 5.37. The maximum atomic E-state index is 12.0. The van der Waals surface area contributed by atoms with Gasteiger partial charge >= 0.3 is 5.69 Å². The molecule has 8 nitrogen and oxygen atoms in total. The minimum absolute atomic E-state index is 0.0649. The van der Waals surface area contributed by atoms with Crippen LogP contribution in [0.3, 0.4) is 0 Å². The molecule has 0 aliphatic carbocycles. The van der Waals surface area contributed by atoms with Gasteiger partial charge in [0, 0.05) is 17.7 Å². The summed E-state index contributed by atoms with van der Waals surface area (Å²) < 4.78 is 12.2. The van der Waals surface area contributed by atoms with E-state index in [1.807, 2.05) is 13.8 Å². The Kier molecular flexibility index (Phi) is 4.52. The van der Waals surface area contributed by atoms with Crippen molar-refractivity contribution in [2.75, 3.05) is 6.61 Å². The van der Waals surface area contributed by atoms with Crippen molar-refractivity contribution in [2.45, 2.75) is 45.1 Å². The molecule has 1 aromatic rings. The van der Waals surface area contributed by atoms with Crippen LogP contribution in [0.15, 0.2) is 15.8 Å². The summed E-state index contributed by atoms with van der Waals surface area (Å²) in [5, 5.41) is 0. The lowest BCUT2D eigenvalue weighted by Gasteiger charge is -2.30. The van der Waals surface area contributed by atoms with Gasteiger partial charge in [-0.25, -0.2) is 4.79 Å². The van der Waals surface area contributed by atoms with E-state index in [-0.39, 0.29) is 12.5 Å². The first-order valence-corrected chi connectivity index (χ1v) is 7.17. The molecule has 4 atom stereocenters. The number of H-pyrrole nitrogens is 1. The van der Waals surface area contributed by atoms with E-state index in [1.54, 1.807) is 6.92 Å². The molecule has 1 fully saturated rings. The summed E-state index contributed by atoms with van der Waals surface area (Å²) in [4.78, 5) is 36.2. The van der Waals surface area contributed by atoms with Crippen LogP contribution in [0.4, 0.5) is 0 Å². The molecule has 0 radical (unpaired) electrons. The van der Waals surface area contributed by atoms with Crippen LogP contribution in [-0.4, -0.2) is 34.3 Å². The van der Waals surface area contributed by atoms with Crippen LogP contribution in [-0.2, 0) is 14.3 Å². The molecule has 1 aliphatic heterocycles. The molecule has 0 amide bonds. The maximum absolute atomic E-state index is 12.0. The van der Waals surface area contributed by atoms with Crippen molar-refractivity contribution < 1.29 is 14.3 Å². The maximum Gasteiger partial charge on any atom is 0.330 e. The van der Waals surface area contributed by atoms with Crippen molar-refractivity contribution in [2.24, 2.45) is 11.7 Å². The first-order chi connectivity index (χ1) is 10.4. The van der Waals surface area contributed by atoms with Gasteiger partial charge in [0.25, 0.3) is 12.0 Å². The second-order valence-electron chi connectivity index (χ2n) is 5.68. The van der Waals surface area contributed by atoms with Gasteiger partial charge in [-0.2, -0.15) is 0 Å². The van der Waals surface area contributed by atoms with Crippen molar-refractivity contribution in [3.63, 3.8) is 0 Å². The summed E-state index contributed by atoms with van der Waals surface area (Å²) in [7, 11) is 0. The number of aryl methyl sites for hydroxylation is 1. The topological polar surface area (TPSA) is 116 Å². The standard InChI is InChI=1S/C14H21N3O5/c1-4-14(6-21-7-18)9(3)10(15)12(22-14)17-5-8(2)11(19)16-13(17)20/h5,7,9-10,12H,4,6,15H2,1-3H3,(H,16,19,20)/t9?,10-,12+,14-/m0/s1. The zero-order valence-corrected chi connectivity index (χ0v) is 12.9. The number of hydrogen-bond donors (Lipinski definition) is 2. The molecule has 0 aromatic carbocycles. The number of rotatable bonds is 5. The Bertz CT molecular complexity index is 667. The van der Waals surface area contributed by atoms with Gasteiger partial charge in [0.2, 0.25) is 0 Å². The number of ether oxygens (including phenoxy) is 2. The lowest BCUT2D eigenvalue weighted by Crippen LogP contribution is -2.43. The number of carbonyl (C=O) groups is 1. The number of aromatic amines is 1. The zero-order chi connectivity index (χ0) is 16.5. The number of nitrogens with zero attached hydrogens (tertiary/aromatic N) is 1. The molecule has 22 heavy (non-hydrogen) atoms. The van der Waals surface area contributed by atoms with Gasteiger partial charge in [0.1, 0.15) is 12.2 Å². The number of nitrogens with two attached hydrogens (primary N) is 1. The number of nitrogens with one attached hydrogen (secondary N) is 1. The second kappa shape index (κ2) is 6.05. The number of aromatic nitrogens is 2. The van der Waals surface area contributed by atoms with Crippen molar-refractivity contribution in [3.8, 4) is 0 Å². The van der Waals surface area contributed by atoms with Gasteiger partial charge in [-0.3, -0.25) is 19.1 Å². The zero-order valence-electron chi connectivity index (χ0n) is 12.9. The molecule has 0 saturated carbocycles. The lowest BCUT2D eigenvalue weighted by atomic mass is 9.84. The third kappa shape index (κ3) is 2.59. The summed E-state index contributed by atoms with van der Waals surface area (Å²) in [5.74, 6) is -0.137. The Hall–Kier alpha value is -1.93. The fourth-order valence-electron chi connectivity index (χ4n) is 2.89.